The van der Waals surface area contributed by atoms with Gasteiger partial charge in [-0.15, -0.1) is 0 Å². The van der Waals surface area contributed by atoms with Crippen molar-refractivity contribution in [1.29, 1.82) is 0 Å². The van der Waals surface area contributed by atoms with Gasteiger partial charge in [0.05, 0.1) is 21.9 Å². The third kappa shape index (κ3) is 2.87. The summed E-state index contributed by atoms with van der Waals surface area (Å²) >= 11 is 0. The second-order valence-corrected chi connectivity index (χ2v) is 5.43. The lowest BCUT2D eigenvalue weighted by Gasteiger charge is -1.93. The molecule has 0 fully saturated rings. The van der Waals surface area contributed by atoms with E-state index in [9.17, 15) is 14.7 Å². The summed E-state index contributed by atoms with van der Waals surface area (Å²) in [6, 6.07) is 0. The van der Waals surface area contributed by atoms with Gasteiger partial charge < -0.3 is 19.6 Å². The molecule has 4 aromatic rings. The normalized spacial score (nSPS) is 10.7. The Labute approximate surface area is 142 Å². The van der Waals surface area contributed by atoms with Gasteiger partial charge in [0.2, 0.25) is 0 Å². The highest BCUT2D eigenvalue weighted by Gasteiger charge is 2.10. The van der Waals surface area contributed by atoms with Gasteiger partial charge in [0.15, 0.2) is 0 Å². The molecule has 0 aromatic carbocycles. The fourth-order valence-electron chi connectivity index (χ4n) is 2.42. The van der Waals surface area contributed by atoms with Crippen LogP contribution in [0.15, 0.2) is 34.6 Å². The van der Waals surface area contributed by atoms with E-state index in [1.165, 1.54) is 27.9 Å². The van der Waals surface area contributed by atoms with Crippen molar-refractivity contribution >= 4 is 20.5 Å². The minimum absolute atomic E-state index is 0.0826. The van der Waals surface area contributed by atoms with Gasteiger partial charge in [-0.3, -0.25) is 9.59 Å². The maximum absolute atomic E-state index is 11.4. The molecule has 10 nitrogen and oxygen atoms in total. The fraction of sp³-hybridized carbons (Fsp3) is 0.143. The average Bonchev–Trinajstić information content (AvgIpc) is 3.07. The number of fused-ring (bicyclic) bond motifs is 2. The number of aromatic amines is 2. The van der Waals surface area contributed by atoms with Gasteiger partial charge in [-0.05, 0) is 13.8 Å². The maximum atomic E-state index is 11.4. The molecule has 0 spiro atoms. The first-order chi connectivity index (χ1) is 11.9. The van der Waals surface area contributed by atoms with Crippen molar-refractivity contribution in [2.24, 2.45) is 0 Å². The van der Waals surface area contributed by atoms with Gasteiger partial charge in [0, 0.05) is 11.1 Å². The third-order valence-electron chi connectivity index (χ3n) is 3.72. The van der Waals surface area contributed by atoms with Crippen molar-refractivity contribution in [3.63, 3.8) is 0 Å². The Morgan fingerprint density at radius 3 is 2.00 bits per heavy atom. The minimum atomic E-state index is -0.247. The van der Waals surface area contributed by atoms with E-state index in [1.54, 1.807) is 13.1 Å². The summed E-state index contributed by atoms with van der Waals surface area (Å²) in [4.78, 5) is 27.5. The van der Waals surface area contributed by atoms with Crippen LogP contribution in [-0.2, 0) is 0 Å². The summed E-state index contributed by atoms with van der Waals surface area (Å²) < 4.78 is 7.83. The number of H-pyrrole nitrogens is 2. The number of aryl methyl sites for hydroxylation is 2. The zero-order chi connectivity index (χ0) is 18.1. The SMILES string of the molecule is Cc1c(O)cn2nc[nH]c(=O)c12.Cc1c(OP)cn2nc[nH]c(=O)c12. The highest BCUT2D eigenvalue weighted by molar-refractivity contribution is 7.10. The van der Waals surface area contributed by atoms with E-state index in [0.29, 0.717) is 22.3 Å². The van der Waals surface area contributed by atoms with Crippen molar-refractivity contribution < 1.29 is 9.63 Å². The molecule has 1 unspecified atom stereocenters. The molecule has 130 valence electrons. The van der Waals surface area contributed by atoms with E-state index in [0.717, 1.165) is 5.56 Å². The topological polar surface area (TPSA) is 130 Å². The lowest BCUT2D eigenvalue weighted by molar-refractivity contribution is 0.471. The number of hydrogen-bond acceptors (Lipinski definition) is 6. The largest absolute Gasteiger partial charge is 0.506 e. The van der Waals surface area contributed by atoms with Crippen LogP contribution >= 0.6 is 9.47 Å². The zero-order valence-corrected chi connectivity index (χ0v) is 14.5. The zero-order valence-electron chi connectivity index (χ0n) is 13.3. The first kappa shape index (κ1) is 16.7. The monoisotopic (exact) mass is 362 g/mol. The van der Waals surface area contributed by atoms with Crippen LogP contribution in [0.2, 0.25) is 0 Å². The Kier molecular flexibility index (Phi) is 4.28. The molecular formula is C14H15N6O4P. The first-order valence-electron chi connectivity index (χ1n) is 7.11. The maximum Gasteiger partial charge on any atom is 0.275 e. The molecule has 0 saturated carbocycles. The lowest BCUT2D eigenvalue weighted by atomic mass is 10.3. The Bertz CT molecular complexity index is 1170. The Morgan fingerprint density at radius 1 is 1.00 bits per heavy atom. The highest BCUT2D eigenvalue weighted by atomic mass is 31.0. The van der Waals surface area contributed by atoms with E-state index in [1.807, 2.05) is 6.92 Å². The van der Waals surface area contributed by atoms with Crippen LogP contribution in [0.3, 0.4) is 0 Å². The molecule has 0 amide bonds. The van der Waals surface area contributed by atoms with Crippen LogP contribution in [-0.4, -0.2) is 34.3 Å². The number of hydrogen-bond donors (Lipinski definition) is 3. The highest BCUT2D eigenvalue weighted by Crippen LogP contribution is 2.22. The molecule has 4 heterocycles. The molecule has 4 rings (SSSR count). The average molecular weight is 362 g/mol. The summed E-state index contributed by atoms with van der Waals surface area (Å²) in [7, 11) is 2.14. The predicted molar refractivity (Wildman–Crippen MR) is 93.1 cm³/mol. The quantitative estimate of drug-likeness (QED) is 0.424. The van der Waals surface area contributed by atoms with Crippen LogP contribution in [0.5, 0.6) is 11.5 Å². The van der Waals surface area contributed by atoms with Gasteiger partial charge in [-0.2, -0.15) is 10.2 Å². The van der Waals surface area contributed by atoms with E-state index >= 15 is 0 Å². The van der Waals surface area contributed by atoms with Gasteiger partial charge in [-0.25, -0.2) is 9.03 Å². The summed E-state index contributed by atoms with van der Waals surface area (Å²) in [5.74, 6) is 0.716. The molecule has 0 bridgehead atoms. The molecule has 0 aliphatic heterocycles. The molecule has 0 radical (unpaired) electrons. The van der Waals surface area contributed by atoms with Crippen molar-refractivity contribution in [3.05, 3.63) is 56.9 Å². The van der Waals surface area contributed by atoms with Crippen molar-refractivity contribution in [1.82, 2.24) is 29.2 Å². The summed E-state index contributed by atoms with van der Waals surface area (Å²) in [6.45, 7) is 3.48. The van der Waals surface area contributed by atoms with E-state index in [-0.39, 0.29) is 16.9 Å². The predicted octanol–water partition coefficient (Wildman–Crippen LogP) is 0.537. The van der Waals surface area contributed by atoms with Crippen LogP contribution in [0, 0.1) is 13.8 Å². The van der Waals surface area contributed by atoms with Gasteiger partial charge in [0.25, 0.3) is 11.1 Å². The van der Waals surface area contributed by atoms with Gasteiger partial charge in [0.1, 0.15) is 35.2 Å². The molecule has 11 heteroatoms. The van der Waals surface area contributed by atoms with Crippen molar-refractivity contribution in [2.75, 3.05) is 0 Å². The molecule has 0 aliphatic rings. The van der Waals surface area contributed by atoms with E-state index in [4.69, 9.17) is 4.52 Å². The fourth-order valence-corrected chi connectivity index (χ4v) is 2.65. The molecule has 4 aromatic heterocycles. The molecular weight excluding hydrogens is 347 g/mol. The number of nitrogens with zero attached hydrogens (tertiary/aromatic N) is 4. The number of nitrogens with one attached hydrogen (secondary N) is 2. The molecule has 25 heavy (non-hydrogen) atoms. The molecule has 3 N–H and O–H groups in total. The summed E-state index contributed by atoms with van der Waals surface area (Å²) in [5.41, 5.74) is 1.81. The number of rotatable bonds is 1. The number of aromatic nitrogens is 6. The second kappa shape index (κ2) is 6.40. The third-order valence-corrected chi connectivity index (χ3v) is 3.97. The second-order valence-electron chi connectivity index (χ2n) is 5.20. The standard InChI is InChI=1S/C7H8N3O2P.C7H7N3O2/c1-4-5(12-13)2-10-6(4)7(11)8-3-9-10;1-4-5(11)2-10-6(4)7(12)8-3-9-10/h2-3H,13H2,1H3,(H,8,9,11);2-3,11H,1H3,(H,8,9,12). The lowest BCUT2D eigenvalue weighted by Crippen LogP contribution is -2.10. The summed E-state index contributed by atoms with van der Waals surface area (Å²) in [5, 5.41) is 17.0. The number of aromatic hydroxyl groups is 1. The van der Waals surface area contributed by atoms with Crippen molar-refractivity contribution in [2.45, 2.75) is 13.8 Å². The van der Waals surface area contributed by atoms with Crippen LogP contribution in [0.4, 0.5) is 0 Å². The Balaban J connectivity index is 0.000000146. The Hall–Kier alpha value is -3.13. The Morgan fingerprint density at radius 2 is 1.52 bits per heavy atom. The van der Waals surface area contributed by atoms with E-state index < -0.39 is 0 Å². The van der Waals surface area contributed by atoms with Crippen LogP contribution in [0.25, 0.3) is 11.0 Å². The van der Waals surface area contributed by atoms with Crippen LogP contribution in [0.1, 0.15) is 11.1 Å². The molecule has 1 atom stereocenters. The van der Waals surface area contributed by atoms with Crippen LogP contribution < -0.4 is 15.6 Å². The van der Waals surface area contributed by atoms with E-state index in [2.05, 4.69) is 29.6 Å². The smallest absolute Gasteiger partial charge is 0.275 e. The molecule has 0 saturated heterocycles. The van der Waals surface area contributed by atoms with Crippen molar-refractivity contribution in [3.8, 4) is 11.5 Å². The van der Waals surface area contributed by atoms with Gasteiger partial charge >= 0.3 is 0 Å². The first-order valence-corrected chi connectivity index (χ1v) is 7.58. The van der Waals surface area contributed by atoms with Gasteiger partial charge in [-0.1, -0.05) is 0 Å². The summed E-state index contributed by atoms with van der Waals surface area (Å²) in [6.07, 6.45) is 5.70. The molecule has 0 aliphatic carbocycles. The minimum Gasteiger partial charge on any atom is -0.506 e.